The molecule has 0 aromatic heterocycles. The van der Waals surface area contributed by atoms with Gasteiger partial charge in [0.05, 0.1) is 4.92 Å². The molecule has 0 fully saturated rings. The maximum absolute atomic E-state index is 11.6. The summed E-state index contributed by atoms with van der Waals surface area (Å²) in [6.07, 6.45) is 1.34. The van der Waals surface area contributed by atoms with Crippen molar-refractivity contribution in [1.29, 1.82) is 0 Å². The number of nitrogens with zero attached hydrogens (tertiary/aromatic N) is 1. The van der Waals surface area contributed by atoms with E-state index in [1.807, 2.05) is 0 Å². The van der Waals surface area contributed by atoms with E-state index < -0.39 is 4.92 Å². The molecule has 1 amide bonds. The fourth-order valence-electron chi connectivity index (χ4n) is 1.77. The number of rotatable bonds is 10. The van der Waals surface area contributed by atoms with Crippen LogP contribution in [0.15, 0.2) is 24.3 Å². The first-order valence-electron chi connectivity index (χ1n) is 7.10. The number of nitrogens with one attached hydrogen (secondary N) is 3. The van der Waals surface area contributed by atoms with E-state index in [1.54, 1.807) is 18.2 Å². The van der Waals surface area contributed by atoms with Crippen molar-refractivity contribution in [2.24, 2.45) is 0 Å². The molecule has 1 rings (SSSR count). The molecule has 8 heteroatoms. The van der Waals surface area contributed by atoms with Gasteiger partial charge in [-0.25, -0.2) is 0 Å². The first kappa shape index (κ1) is 20.1. The molecule has 0 saturated carbocycles. The van der Waals surface area contributed by atoms with Gasteiger partial charge in [-0.3, -0.25) is 14.9 Å². The Morgan fingerprint density at radius 2 is 1.91 bits per heavy atom. The van der Waals surface area contributed by atoms with E-state index in [4.69, 9.17) is 0 Å². The van der Waals surface area contributed by atoms with Crippen LogP contribution in [0.1, 0.15) is 19.8 Å². The molecule has 0 aliphatic rings. The normalized spacial score (nSPS) is 9.68. The number of carbonyl (C=O) groups excluding carboxylic acids is 1. The number of halogens is 1. The average Bonchev–Trinajstić information content (AvgIpc) is 2.47. The molecule has 22 heavy (non-hydrogen) atoms. The second-order valence-electron chi connectivity index (χ2n) is 4.55. The molecule has 0 aliphatic heterocycles. The van der Waals surface area contributed by atoms with Crippen LogP contribution in [-0.4, -0.2) is 37.0 Å². The zero-order valence-electron chi connectivity index (χ0n) is 12.6. The number of nitro groups is 1. The number of para-hydroxylation sites is 2. The Bertz CT molecular complexity index is 471. The Kier molecular flexibility index (Phi) is 10.8. The summed E-state index contributed by atoms with van der Waals surface area (Å²) in [4.78, 5) is 22.0. The van der Waals surface area contributed by atoms with E-state index in [2.05, 4.69) is 22.9 Å². The lowest BCUT2D eigenvalue weighted by molar-refractivity contribution is -0.384. The number of carbonyl (C=O) groups is 1. The van der Waals surface area contributed by atoms with Gasteiger partial charge < -0.3 is 16.0 Å². The monoisotopic (exact) mass is 330 g/mol. The van der Waals surface area contributed by atoms with Gasteiger partial charge in [0, 0.05) is 32.1 Å². The van der Waals surface area contributed by atoms with Crippen molar-refractivity contribution >= 4 is 29.7 Å². The van der Waals surface area contributed by atoms with Crippen LogP contribution in [0, 0.1) is 10.1 Å². The second-order valence-corrected chi connectivity index (χ2v) is 4.55. The molecular formula is C14H23ClN4O3. The summed E-state index contributed by atoms with van der Waals surface area (Å²) in [5.41, 5.74) is 0.446. The molecule has 0 atom stereocenters. The quantitative estimate of drug-likeness (QED) is 0.346. The van der Waals surface area contributed by atoms with Gasteiger partial charge >= 0.3 is 0 Å². The first-order chi connectivity index (χ1) is 10.1. The molecule has 3 N–H and O–H groups in total. The first-order valence-corrected chi connectivity index (χ1v) is 7.10. The van der Waals surface area contributed by atoms with Crippen LogP contribution in [0.25, 0.3) is 0 Å². The summed E-state index contributed by atoms with van der Waals surface area (Å²) in [5.74, 6) is -0.0700. The number of nitro benzene ring substituents is 1. The van der Waals surface area contributed by atoms with Gasteiger partial charge in [0.25, 0.3) is 5.69 Å². The Morgan fingerprint density at radius 1 is 1.18 bits per heavy atom. The highest BCUT2D eigenvalue weighted by Gasteiger charge is 2.11. The summed E-state index contributed by atoms with van der Waals surface area (Å²) in [7, 11) is 0. The molecule has 124 valence electrons. The highest BCUT2D eigenvalue weighted by Crippen LogP contribution is 2.22. The number of amides is 1. The van der Waals surface area contributed by atoms with Crippen molar-refractivity contribution in [3.8, 4) is 0 Å². The molecule has 0 saturated heterocycles. The minimum Gasteiger partial charge on any atom is -0.379 e. The zero-order valence-corrected chi connectivity index (χ0v) is 13.4. The highest BCUT2D eigenvalue weighted by molar-refractivity contribution is 5.85. The third-order valence-electron chi connectivity index (χ3n) is 2.82. The number of hydrogen-bond acceptors (Lipinski definition) is 5. The Balaban J connectivity index is 0.00000441. The van der Waals surface area contributed by atoms with E-state index in [-0.39, 0.29) is 30.4 Å². The smallest absolute Gasteiger partial charge is 0.292 e. The maximum atomic E-state index is 11.6. The van der Waals surface area contributed by atoms with Gasteiger partial charge in [0.1, 0.15) is 5.69 Å². The van der Waals surface area contributed by atoms with Crippen molar-refractivity contribution in [1.82, 2.24) is 10.6 Å². The van der Waals surface area contributed by atoms with E-state index in [1.165, 1.54) is 6.07 Å². The van der Waals surface area contributed by atoms with Gasteiger partial charge in [-0.05, 0) is 19.0 Å². The van der Waals surface area contributed by atoms with E-state index in [9.17, 15) is 14.9 Å². The fourth-order valence-corrected chi connectivity index (χ4v) is 1.77. The predicted octanol–water partition coefficient (Wildman–Crippen LogP) is 1.93. The van der Waals surface area contributed by atoms with E-state index >= 15 is 0 Å². The Morgan fingerprint density at radius 3 is 2.59 bits per heavy atom. The summed E-state index contributed by atoms with van der Waals surface area (Å²) >= 11 is 0. The molecule has 0 heterocycles. The number of anilines is 1. The lowest BCUT2D eigenvalue weighted by Crippen LogP contribution is -2.32. The standard InChI is InChI=1S/C14H22N4O3.ClH/c1-2-8-15-10-11-17-14(19)7-9-16-12-5-3-4-6-13(12)18(20)21;/h3-6,15-16H,2,7-11H2,1H3,(H,17,19);1H. The lowest BCUT2D eigenvalue weighted by atomic mass is 10.2. The minimum atomic E-state index is -0.443. The van der Waals surface area contributed by atoms with Crippen LogP contribution in [0.2, 0.25) is 0 Å². The van der Waals surface area contributed by atoms with Gasteiger partial charge in [0.2, 0.25) is 5.91 Å². The van der Waals surface area contributed by atoms with Gasteiger partial charge in [-0.2, -0.15) is 0 Å². The van der Waals surface area contributed by atoms with Crippen LogP contribution in [0.4, 0.5) is 11.4 Å². The maximum Gasteiger partial charge on any atom is 0.292 e. The topological polar surface area (TPSA) is 96.3 Å². The molecule has 1 aromatic carbocycles. The molecule has 0 unspecified atom stereocenters. The van der Waals surface area contributed by atoms with E-state index in [0.29, 0.717) is 18.8 Å². The predicted molar refractivity (Wildman–Crippen MR) is 89.6 cm³/mol. The third kappa shape index (κ3) is 7.80. The summed E-state index contributed by atoms with van der Waals surface area (Å²) in [6.45, 7) is 4.72. The SMILES string of the molecule is CCCNCCNC(=O)CCNc1ccccc1[N+](=O)[O-].Cl. The summed E-state index contributed by atoms with van der Waals surface area (Å²) in [5, 5.41) is 19.7. The van der Waals surface area contributed by atoms with Gasteiger partial charge in [-0.15, -0.1) is 12.4 Å². The van der Waals surface area contributed by atoms with Crippen molar-refractivity contribution in [2.75, 3.05) is 31.5 Å². The Hall–Kier alpha value is -1.86. The van der Waals surface area contributed by atoms with Gasteiger partial charge in [-0.1, -0.05) is 19.1 Å². The van der Waals surface area contributed by atoms with Crippen LogP contribution >= 0.6 is 12.4 Å². The lowest BCUT2D eigenvalue weighted by Gasteiger charge is -2.08. The largest absolute Gasteiger partial charge is 0.379 e. The number of hydrogen-bond donors (Lipinski definition) is 3. The van der Waals surface area contributed by atoms with Crippen molar-refractivity contribution in [3.05, 3.63) is 34.4 Å². The molecule has 0 aliphatic carbocycles. The third-order valence-corrected chi connectivity index (χ3v) is 2.82. The second kappa shape index (κ2) is 11.8. The van der Waals surface area contributed by atoms with Crippen LogP contribution in [-0.2, 0) is 4.79 Å². The van der Waals surface area contributed by atoms with E-state index in [0.717, 1.165) is 19.5 Å². The molecule has 0 bridgehead atoms. The average molecular weight is 331 g/mol. The molecule has 1 aromatic rings. The van der Waals surface area contributed by atoms with Crippen molar-refractivity contribution < 1.29 is 9.72 Å². The molecule has 0 radical (unpaired) electrons. The zero-order chi connectivity index (χ0) is 15.5. The van der Waals surface area contributed by atoms with Crippen LogP contribution < -0.4 is 16.0 Å². The Labute approximate surface area is 136 Å². The summed E-state index contributed by atoms with van der Waals surface area (Å²) in [6, 6.07) is 6.39. The summed E-state index contributed by atoms with van der Waals surface area (Å²) < 4.78 is 0. The molecular weight excluding hydrogens is 308 g/mol. The van der Waals surface area contributed by atoms with Gasteiger partial charge in [0.15, 0.2) is 0 Å². The fraction of sp³-hybridized carbons (Fsp3) is 0.500. The minimum absolute atomic E-state index is 0. The van der Waals surface area contributed by atoms with Crippen molar-refractivity contribution in [3.63, 3.8) is 0 Å². The van der Waals surface area contributed by atoms with Crippen LogP contribution in [0.5, 0.6) is 0 Å². The molecule has 0 spiro atoms. The van der Waals surface area contributed by atoms with Crippen molar-refractivity contribution in [2.45, 2.75) is 19.8 Å². The molecule has 7 nitrogen and oxygen atoms in total. The van der Waals surface area contributed by atoms with Crippen LogP contribution in [0.3, 0.4) is 0 Å². The number of benzene rings is 1. The highest BCUT2D eigenvalue weighted by atomic mass is 35.5.